The van der Waals surface area contributed by atoms with Crippen molar-refractivity contribution in [2.24, 2.45) is 0 Å². The first-order valence-electron chi connectivity index (χ1n) is 8.25. The van der Waals surface area contributed by atoms with E-state index in [1.54, 1.807) is 17.0 Å². The zero-order chi connectivity index (χ0) is 19.6. The Morgan fingerprint density at radius 3 is 2.26 bits per heavy atom. The molecule has 0 unspecified atom stereocenters. The predicted octanol–water partition coefficient (Wildman–Crippen LogP) is 3.72. The lowest BCUT2D eigenvalue weighted by molar-refractivity contribution is -0.131. The van der Waals surface area contributed by atoms with Crippen LogP contribution in [-0.4, -0.2) is 49.7 Å². The number of sulfonamides is 1. The van der Waals surface area contributed by atoms with Gasteiger partial charge in [0.25, 0.3) is 0 Å². The second kappa shape index (κ2) is 8.37. The number of nitrogens with zero attached hydrogens (tertiary/aromatic N) is 2. The summed E-state index contributed by atoms with van der Waals surface area (Å²) >= 11 is 18.1. The van der Waals surface area contributed by atoms with Gasteiger partial charge in [0.05, 0.1) is 11.4 Å². The third kappa shape index (κ3) is 4.58. The van der Waals surface area contributed by atoms with E-state index < -0.39 is 10.0 Å². The molecule has 0 spiro atoms. The van der Waals surface area contributed by atoms with Crippen LogP contribution in [0.5, 0.6) is 0 Å². The number of halogens is 3. The molecular formula is C18H17Cl3N2O3S. The molecule has 1 amide bonds. The second-order valence-corrected chi connectivity index (χ2v) is 9.28. The molecule has 9 heteroatoms. The molecule has 27 heavy (non-hydrogen) atoms. The summed E-state index contributed by atoms with van der Waals surface area (Å²) in [6, 6.07) is 11.5. The normalized spacial score (nSPS) is 15.7. The molecule has 0 N–H and O–H groups in total. The van der Waals surface area contributed by atoms with E-state index in [0.717, 1.165) is 5.56 Å². The van der Waals surface area contributed by atoms with E-state index in [4.69, 9.17) is 34.8 Å². The van der Waals surface area contributed by atoms with Gasteiger partial charge in [-0.3, -0.25) is 4.79 Å². The van der Waals surface area contributed by atoms with Crippen LogP contribution in [-0.2, 0) is 21.2 Å². The van der Waals surface area contributed by atoms with E-state index >= 15 is 0 Å². The van der Waals surface area contributed by atoms with Gasteiger partial charge < -0.3 is 4.90 Å². The Morgan fingerprint density at radius 2 is 1.59 bits per heavy atom. The van der Waals surface area contributed by atoms with Crippen molar-refractivity contribution in [3.8, 4) is 0 Å². The quantitative estimate of drug-likeness (QED) is 0.718. The lowest BCUT2D eigenvalue weighted by atomic mass is 10.1. The zero-order valence-electron chi connectivity index (χ0n) is 14.2. The molecule has 5 nitrogen and oxygen atoms in total. The molecule has 1 aliphatic rings. The summed E-state index contributed by atoms with van der Waals surface area (Å²) in [4.78, 5) is 14.1. The molecule has 0 saturated carbocycles. The maximum Gasteiger partial charge on any atom is 0.244 e. The first-order chi connectivity index (χ1) is 12.8. The fourth-order valence-corrected chi connectivity index (χ4v) is 5.27. The predicted molar refractivity (Wildman–Crippen MR) is 107 cm³/mol. The number of hydrogen-bond donors (Lipinski definition) is 0. The Labute approximate surface area is 173 Å². The third-order valence-corrected chi connectivity index (χ3v) is 7.39. The van der Waals surface area contributed by atoms with Crippen LogP contribution in [0.1, 0.15) is 5.56 Å². The molecule has 1 fully saturated rings. The maximum atomic E-state index is 12.8. The van der Waals surface area contributed by atoms with E-state index in [1.165, 1.54) is 22.5 Å². The van der Waals surface area contributed by atoms with Crippen LogP contribution in [0.15, 0.2) is 47.4 Å². The fraction of sp³-hybridized carbons (Fsp3) is 0.278. The highest BCUT2D eigenvalue weighted by atomic mass is 35.5. The molecular weight excluding hydrogens is 431 g/mol. The summed E-state index contributed by atoms with van der Waals surface area (Å²) in [6.07, 6.45) is 0.187. The SMILES string of the molecule is O=C(Cc1ccccc1Cl)N1CCN(S(=O)(=O)c2cc(Cl)ccc2Cl)CC1. The van der Waals surface area contributed by atoms with Crippen molar-refractivity contribution in [3.05, 3.63) is 63.1 Å². The first kappa shape index (κ1) is 20.4. The molecule has 0 bridgehead atoms. The maximum absolute atomic E-state index is 12.8. The van der Waals surface area contributed by atoms with Crippen LogP contribution in [0, 0.1) is 0 Å². The van der Waals surface area contributed by atoms with Crippen molar-refractivity contribution in [1.29, 1.82) is 0 Å². The highest BCUT2D eigenvalue weighted by Crippen LogP contribution is 2.28. The topological polar surface area (TPSA) is 57.7 Å². The van der Waals surface area contributed by atoms with Crippen LogP contribution in [0.25, 0.3) is 0 Å². The molecule has 0 aromatic heterocycles. The van der Waals surface area contributed by atoms with Crippen molar-refractivity contribution in [1.82, 2.24) is 9.21 Å². The van der Waals surface area contributed by atoms with Crippen LogP contribution in [0.3, 0.4) is 0 Å². The Hall–Kier alpha value is -1.31. The molecule has 3 rings (SSSR count). The van der Waals surface area contributed by atoms with Crippen molar-refractivity contribution in [2.45, 2.75) is 11.3 Å². The number of benzene rings is 2. The monoisotopic (exact) mass is 446 g/mol. The van der Waals surface area contributed by atoms with Crippen LogP contribution >= 0.6 is 34.8 Å². The Kier molecular flexibility index (Phi) is 6.33. The van der Waals surface area contributed by atoms with Crippen LogP contribution in [0.4, 0.5) is 0 Å². The summed E-state index contributed by atoms with van der Waals surface area (Å²) in [7, 11) is -3.77. The summed E-state index contributed by atoms with van der Waals surface area (Å²) in [6.45, 7) is 1.00. The number of carbonyl (C=O) groups excluding carboxylic acids is 1. The Bertz CT molecular complexity index is 958. The highest BCUT2D eigenvalue weighted by Gasteiger charge is 2.31. The summed E-state index contributed by atoms with van der Waals surface area (Å²) in [5.74, 6) is -0.0825. The van der Waals surface area contributed by atoms with Crippen LogP contribution in [0.2, 0.25) is 15.1 Å². The zero-order valence-corrected chi connectivity index (χ0v) is 17.3. The molecule has 0 radical (unpaired) electrons. The largest absolute Gasteiger partial charge is 0.340 e. The van der Waals surface area contributed by atoms with Gasteiger partial charge in [-0.1, -0.05) is 53.0 Å². The third-order valence-electron chi connectivity index (χ3n) is 4.40. The Balaban J connectivity index is 1.67. The first-order valence-corrected chi connectivity index (χ1v) is 10.8. The number of hydrogen-bond acceptors (Lipinski definition) is 3. The van der Waals surface area contributed by atoms with E-state index in [1.807, 2.05) is 12.1 Å². The minimum absolute atomic E-state index is 0.0208. The van der Waals surface area contributed by atoms with E-state index in [-0.39, 0.29) is 35.3 Å². The number of amides is 1. The average Bonchev–Trinajstić information content (AvgIpc) is 2.65. The van der Waals surface area contributed by atoms with E-state index in [2.05, 4.69) is 0 Å². The van der Waals surface area contributed by atoms with Gasteiger partial charge >= 0.3 is 0 Å². The standard InChI is InChI=1S/C18H17Cl3N2O3S/c19-14-5-6-16(21)17(12-14)27(25,26)23-9-7-22(8-10-23)18(24)11-13-3-1-2-4-15(13)20/h1-6,12H,7-11H2. The molecule has 1 heterocycles. The number of carbonyl (C=O) groups is 1. The van der Waals surface area contributed by atoms with Gasteiger partial charge in [0.1, 0.15) is 4.90 Å². The molecule has 2 aromatic rings. The Morgan fingerprint density at radius 1 is 0.926 bits per heavy atom. The molecule has 2 aromatic carbocycles. The minimum Gasteiger partial charge on any atom is -0.340 e. The van der Waals surface area contributed by atoms with Gasteiger partial charge in [-0.15, -0.1) is 0 Å². The van der Waals surface area contributed by atoms with Gasteiger partial charge in [0, 0.05) is 36.2 Å². The van der Waals surface area contributed by atoms with Gasteiger partial charge in [0.15, 0.2) is 0 Å². The van der Waals surface area contributed by atoms with Gasteiger partial charge in [0.2, 0.25) is 15.9 Å². The van der Waals surface area contributed by atoms with E-state index in [0.29, 0.717) is 23.1 Å². The second-order valence-electron chi connectivity index (χ2n) is 6.13. The smallest absolute Gasteiger partial charge is 0.244 e. The van der Waals surface area contributed by atoms with Crippen molar-refractivity contribution < 1.29 is 13.2 Å². The van der Waals surface area contributed by atoms with Gasteiger partial charge in [-0.25, -0.2) is 8.42 Å². The summed E-state index contributed by atoms with van der Waals surface area (Å²) in [5.41, 5.74) is 0.755. The lowest BCUT2D eigenvalue weighted by Gasteiger charge is -2.34. The fourth-order valence-electron chi connectivity index (χ4n) is 2.91. The van der Waals surface area contributed by atoms with Crippen molar-refractivity contribution >= 4 is 50.7 Å². The summed E-state index contributed by atoms with van der Waals surface area (Å²) < 4.78 is 27.0. The number of piperazine rings is 1. The molecule has 144 valence electrons. The molecule has 0 aliphatic carbocycles. The molecule has 1 saturated heterocycles. The van der Waals surface area contributed by atoms with Gasteiger partial charge in [-0.2, -0.15) is 4.31 Å². The molecule has 0 atom stereocenters. The highest BCUT2D eigenvalue weighted by molar-refractivity contribution is 7.89. The van der Waals surface area contributed by atoms with Crippen molar-refractivity contribution in [3.63, 3.8) is 0 Å². The van der Waals surface area contributed by atoms with Crippen molar-refractivity contribution in [2.75, 3.05) is 26.2 Å². The van der Waals surface area contributed by atoms with Gasteiger partial charge in [-0.05, 0) is 29.8 Å². The number of rotatable bonds is 4. The van der Waals surface area contributed by atoms with Crippen LogP contribution < -0.4 is 0 Å². The summed E-state index contributed by atoms with van der Waals surface area (Å²) in [5, 5.41) is 0.964. The minimum atomic E-state index is -3.77. The lowest BCUT2D eigenvalue weighted by Crippen LogP contribution is -2.50. The van der Waals surface area contributed by atoms with E-state index in [9.17, 15) is 13.2 Å². The molecule has 1 aliphatic heterocycles. The average molecular weight is 448 g/mol.